The zero-order valence-electron chi connectivity index (χ0n) is 13.9. The summed E-state index contributed by atoms with van der Waals surface area (Å²) >= 11 is 0. The monoisotopic (exact) mass is 330 g/mol. The van der Waals surface area contributed by atoms with Gasteiger partial charge in [0.1, 0.15) is 11.8 Å². The van der Waals surface area contributed by atoms with Crippen molar-refractivity contribution in [3.8, 4) is 0 Å². The van der Waals surface area contributed by atoms with E-state index in [4.69, 9.17) is 4.74 Å². The molecule has 0 aliphatic carbocycles. The summed E-state index contributed by atoms with van der Waals surface area (Å²) in [7, 11) is 0. The third-order valence-corrected chi connectivity index (χ3v) is 5.01. The number of nitrogens with one attached hydrogen (secondary N) is 1. The van der Waals surface area contributed by atoms with Gasteiger partial charge in [0.25, 0.3) is 0 Å². The highest BCUT2D eigenvalue weighted by atomic mass is 16.5. The molecule has 1 atom stereocenters. The molecule has 2 aliphatic heterocycles. The molecule has 128 valence electrons. The molecule has 0 aromatic carbocycles. The van der Waals surface area contributed by atoms with Crippen LogP contribution in [0.4, 0.5) is 5.82 Å². The van der Waals surface area contributed by atoms with Gasteiger partial charge in [-0.25, -0.2) is 15.0 Å². The van der Waals surface area contributed by atoms with Gasteiger partial charge in [0, 0.05) is 26.2 Å². The lowest BCUT2D eigenvalue weighted by Crippen LogP contribution is -2.54. The maximum absolute atomic E-state index is 13.1. The molecule has 1 unspecified atom stereocenters. The number of hydrogen-bond acceptors (Lipinski definition) is 6. The van der Waals surface area contributed by atoms with E-state index in [0.717, 1.165) is 30.7 Å². The molecule has 0 radical (unpaired) electrons. The van der Waals surface area contributed by atoms with Gasteiger partial charge in [0.15, 0.2) is 11.5 Å². The molecule has 8 nitrogen and oxygen atoms in total. The van der Waals surface area contributed by atoms with Crippen molar-refractivity contribution in [2.75, 3.05) is 44.3 Å². The third kappa shape index (κ3) is 2.60. The molecule has 2 aromatic rings. The van der Waals surface area contributed by atoms with Gasteiger partial charge in [-0.2, -0.15) is 0 Å². The summed E-state index contributed by atoms with van der Waals surface area (Å²) in [6, 6.07) is 0. The molecule has 1 amide bonds. The highest BCUT2D eigenvalue weighted by molar-refractivity contribution is 5.86. The van der Waals surface area contributed by atoms with Crippen molar-refractivity contribution >= 4 is 22.9 Å². The van der Waals surface area contributed by atoms with Gasteiger partial charge in [-0.1, -0.05) is 0 Å². The van der Waals surface area contributed by atoms with Crippen LogP contribution >= 0.6 is 0 Å². The maximum atomic E-state index is 13.1. The molecular weight excluding hydrogens is 308 g/mol. The summed E-state index contributed by atoms with van der Waals surface area (Å²) in [5.74, 6) is 1.06. The number of fused-ring (bicyclic) bond motifs is 1. The highest BCUT2D eigenvalue weighted by Gasteiger charge is 2.41. The van der Waals surface area contributed by atoms with Crippen LogP contribution in [0.2, 0.25) is 0 Å². The zero-order valence-corrected chi connectivity index (χ0v) is 13.9. The number of imidazole rings is 1. The van der Waals surface area contributed by atoms with Crippen molar-refractivity contribution in [1.82, 2.24) is 24.8 Å². The van der Waals surface area contributed by atoms with Gasteiger partial charge in [-0.3, -0.25) is 4.79 Å². The average molecular weight is 330 g/mol. The minimum atomic E-state index is -0.396. The summed E-state index contributed by atoms with van der Waals surface area (Å²) in [6.45, 7) is 6.26. The van der Waals surface area contributed by atoms with Gasteiger partial charge in [-0.15, -0.1) is 0 Å². The molecule has 8 heteroatoms. The molecule has 0 saturated carbocycles. The predicted octanol–water partition coefficient (Wildman–Crippen LogP) is 0.818. The summed E-state index contributed by atoms with van der Waals surface area (Å²) in [5, 5.41) is 0. The second-order valence-electron chi connectivity index (χ2n) is 6.79. The van der Waals surface area contributed by atoms with Gasteiger partial charge in [-0.05, 0) is 19.8 Å². The van der Waals surface area contributed by atoms with Gasteiger partial charge in [0.2, 0.25) is 5.91 Å². The summed E-state index contributed by atoms with van der Waals surface area (Å²) in [4.78, 5) is 33.1. The number of carbonyl (C=O) groups excluding carboxylic acids is 1. The van der Waals surface area contributed by atoms with E-state index >= 15 is 0 Å². The molecule has 1 N–H and O–H groups in total. The molecule has 4 heterocycles. The van der Waals surface area contributed by atoms with Crippen LogP contribution in [0.25, 0.3) is 11.2 Å². The quantitative estimate of drug-likeness (QED) is 0.877. The van der Waals surface area contributed by atoms with Crippen LogP contribution in [0.3, 0.4) is 0 Å². The first-order valence-electron chi connectivity index (χ1n) is 8.43. The van der Waals surface area contributed by atoms with Crippen LogP contribution in [0.15, 0.2) is 12.7 Å². The fourth-order valence-corrected chi connectivity index (χ4v) is 3.74. The first kappa shape index (κ1) is 15.3. The van der Waals surface area contributed by atoms with Crippen molar-refractivity contribution in [2.45, 2.75) is 19.8 Å². The lowest BCUT2D eigenvalue weighted by atomic mass is 9.80. The SMILES string of the molecule is CC1(C(=O)N2CCOCC2)CCCN(c2ncnc3nc[nH]c23)C1. The third-order valence-electron chi connectivity index (χ3n) is 5.01. The highest BCUT2D eigenvalue weighted by Crippen LogP contribution is 2.35. The van der Waals surface area contributed by atoms with Gasteiger partial charge in [0.05, 0.1) is 25.0 Å². The normalized spacial score (nSPS) is 25.2. The van der Waals surface area contributed by atoms with Crippen molar-refractivity contribution < 1.29 is 9.53 Å². The molecule has 0 spiro atoms. The Kier molecular flexibility index (Phi) is 3.84. The van der Waals surface area contributed by atoms with E-state index in [9.17, 15) is 4.79 Å². The molecule has 2 fully saturated rings. The Hall–Kier alpha value is -2.22. The van der Waals surface area contributed by atoms with E-state index in [0.29, 0.717) is 38.5 Å². The van der Waals surface area contributed by atoms with E-state index in [1.54, 1.807) is 6.33 Å². The number of ether oxygens (including phenoxy) is 1. The first-order chi connectivity index (χ1) is 11.7. The number of morpholine rings is 1. The van der Waals surface area contributed by atoms with Crippen molar-refractivity contribution in [1.29, 1.82) is 0 Å². The van der Waals surface area contributed by atoms with E-state index in [2.05, 4.69) is 31.8 Å². The fraction of sp³-hybridized carbons (Fsp3) is 0.625. The van der Waals surface area contributed by atoms with E-state index < -0.39 is 5.41 Å². The van der Waals surface area contributed by atoms with Crippen LogP contribution < -0.4 is 4.90 Å². The summed E-state index contributed by atoms with van der Waals surface area (Å²) in [6.07, 6.45) is 5.03. The molecular formula is C16H22N6O2. The lowest BCUT2D eigenvalue weighted by Gasteiger charge is -2.43. The lowest BCUT2D eigenvalue weighted by molar-refractivity contribution is -0.145. The molecule has 2 aliphatic rings. The Morgan fingerprint density at radius 1 is 1.25 bits per heavy atom. The van der Waals surface area contributed by atoms with Gasteiger partial charge < -0.3 is 19.5 Å². The number of piperidine rings is 1. The van der Waals surface area contributed by atoms with Crippen LogP contribution in [0.1, 0.15) is 19.8 Å². The number of aromatic nitrogens is 4. The Morgan fingerprint density at radius 3 is 2.92 bits per heavy atom. The van der Waals surface area contributed by atoms with Crippen LogP contribution in [0.5, 0.6) is 0 Å². The Morgan fingerprint density at radius 2 is 2.08 bits per heavy atom. The topological polar surface area (TPSA) is 87.2 Å². The molecule has 2 aromatic heterocycles. The number of H-pyrrole nitrogens is 1. The second kappa shape index (κ2) is 6.01. The van der Waals surface area contributed by atoms with Crippen LogP contribution in [0, 0.1) is 5.41 Å². The number of carbonyl (C=O) groups is 1. The van der Waals surface area contributed by atoms with Crippen molar-refractivity contribution in [3.63, 3.8) is 0 Å². The smallest absolute Gasteiger partial charge is 0.230 e. The fourth-order valence-electron chi connectivity index (χ4n) is 3.74. The number of amides is 1. The molecule has 2 saturated heterocycles. The summed E-state index contributed by atoms with van der Waals surface area (Å²) < 4.78 is 5.37. The average Bonchev–Trinajstić information content (AvgIpc) is 3.10. The molecule has 4 rings (SSSR count). The minimum Gasteiger partial charge on any atom is -0.378 e. The number of rotatable bonds is 2. The second-order valence-corrected chi connectivity index (χ2v) is 6.79. The number of hydrogen-bond donors (Lipinski definition) is 1. The Balaban J connectivity index is 1.58. The Bertz CT molecular complexity index is 741. The van der Waals surface area contributed by atoms with Crippen molar-refractivity contribution in [2.24, 2.45) is 5.41 Å². The molecule has 0 bridgehead atoms. The largest absolute Gasteiger partial charge is 0.378 e. The predicted molar refractivity (Wildman–Crippen MR) is 88.6 cm³/mol. The van der Waals surface area contributed by atoms with Crippen molar-refractivity contribution in [3.05, 3.63) is 12.7 Å². The first-order valence-corrected chi connectivity index (χ1v) is 8.43. The van der Waals surface area contributed by atoms with E-state index in [1.165, 1.54) is 6.33 Å². The standard InChI is InChI=1S/C16H22N6O2/c1-16(15(23)21-5-7-24-8-6-21)3-2-4-22(9-16)14-12-13(18-10-17-12)19-11-20-14/h10-11H,2-9H2,1H3,(H,17,18,19,20). The maximum Gasteiger partial charge on any atom is 0.230 e. The van der Waals surface area contributed by atoms with Gasteiger partial charge >= 0.3 is 0 Å². The van der Waals surface area contributed by atoms with Crippen LogP contribution in [-0.4, -0.2) is 70.1 Å². The number of aromatic amines is 1. The number of nitrogens with zero attached hydrogens (tertiary/aromatic N) is 5. The summed E-state index contributed by atoms with van der Waals surface area (Å²) in [5.41, 5.74) is 1.10. The number of anilines is 1. The minimum absolute atomic E-state index is 0.227. The Labute approximate surface area is 140 Å². The molecule has 24 heavy (non-hydrogen) atoms. The van der Waals surface area contributed by atoms with E-state index in [-0.39, 0.29) is 5.91 Å². The zero-order chi connectivity index (χ0) is 16.6. The van der Waals surface area contributed by atoms with Crippen LogP contribution in [-0.2, 0) is 9.53 Å². The van der Waals surface area contributed by atoms with E-state index in [1.807, 2.05) is 4.90 Å².